The number of fused-ring (bicyclic) bond motifs is 1. The zero-order valence-corrected chi connectivity index (χ0v) is 12.0. The smallest absolute Gasteiger partial charge is 0.282 e. The molecule has 1 aliphatic rings. The number of nitro benzene ring substituents is 1. The third-order valence-electron chi connectivity index (χ3n) is 3.71. The average molecular weight is 291 g/mol. The lowest BCUT2D eigenvalue weighted by molar-refractivity contribution is -0.385. The van der Waals surface area contributed by atoms with E-state index >= 15 is 0 Å². The molecule has 1 aromatic carbocycles. The van der Waals surface area contributed by atoms with Gasteiger partial charge in [-0.25, -0.2) is 0 Å². The molecular formula is C14H17N3O4. The number of imide groups is 1. The molecule has 0 aliphatic carbocycles. The number of rotatable bonds is 6. The van der Waals surface area contributed by atoms with Crippen molar-refractivity contribution in [2.75, 3.05) is 26.2 Å². The zero-order valence-electron chi connectivity index (χ0n) is 12.0. The first-order chi connectivity index (χ1) is 10.0. The Labute approximate surface area is 122 Å². The van der Waals surface area contributed by atoms with Crippen LogP contribution in [0.4, 0.5) is 5.69 Å². The Kier molecular flexibility index (Phi) is 4.32. The maximum Gasteiger partial charge on any atom is 0.282 e. The summed E-state index contributed by atoms with van der Waals surface area (Å²) < 4.78 is 0. The highest BCUT2D eigenvalue weighted by atomic mass is 16.6. The molecule has 1 aliphatic heterocycles. The van der Waals surface area contributed by atoms with E-state index in [1.807, 2.05) is 13.8 Å². The van der Waals surface area contributed by atoms with Crippen molar-refractivity contribution in [3.8, 4) is 0 Å². The zero-order chi connectivity index (χ0) is 15.6. The minimum absolute atomic E-state index is 0.0907. The summed E-state index contributed by atoms with van der Waals surface area (Å²) in [4.78, 5) is 38.1. The molecule has 0 atom stereocenters. The van der Waals surface area contributed by atoms with Crippen molar-refractivity contribution in [2.45, 2.75) is 13.8 Å². The molecule has 0 aromatic heterocycles. The van der Waals surface area contributed by atoms with Crippen LogP contribution in [-0.4, -0.2) is 52.7 Å². The Morgan fingerprint density at radius 3 is 2.43 bits per heavy atom. The number of nitrogens with zero attached hydrogens (tertiary/aromatic N) is 3. The first kappa shape index (κ1) is 15.1. The third-order valence-corrected chi connectivity index (χ3v) is 3.71. The van der Waals surface area contributed by atoms with E-state index in [1.54, 1.807) is 0 Å². The quantitative estimate of drug-likeness (QED) is 0.451. The molecule has 0 spiro atoms. The minimum atomic E-state index is -0.627. The number of nitro groups is 1. The van der Waals surface area contributed by atoms with Crippen LogP contribution >= 0.6 is 0 Å². The van der Waals surface area contributed by atoms with Gasteiger partial charge in [0.15, 0.2) is 0 Å². The molecule has 7 nitrogen and oxygen atoms in total. The topological polar surface area (TPSA) is 83.8 Å². The van der Waals surface area contributed by atoms with Gasteiger partial charge in [0.1, 0.15) is 5.56 Å². The highest BCUT2D eigenvalue weighted by Crippen LogP contribution is 2.30. The van der Waals surface area contributed by atoms with Crippen molar-refractivity contribution in [3.63, 3.8) is 0 Å². The molecule has 0 fully saturated rings. The predicted octanol–water partition coefficient (Wildman–Crippen LogP) is 1.53. The van der Waals surface area contributed by atoms with E-state index < -0.39 is 16.7 Å². The highest BCUT2D eigenvalue weighted by Gasteiger charge is 2.40. The molecule has 7 heteroatoms. The van der Waals surface area contributed by atoms with Gasteiger partial charge in [-0.05, 0) is 19.2 Å². The SMILES string of the molecule is CCN(CC)CCN1C(=O)c2cccc([N+](=O)[O-])c2C1=O. The molecular weight excluding hydrogens is 274 g/mol. The molecule has 0 N–H and O–H groups in total. The van der Waals surface area contributed by atoms with Gasteiger partial charge < -0.3 is 4.90 Å². The average Bonchev–Trinajstić information content (AvgIpc) is 2.72. The predicted molar refractivity (Wildman–Crippen MR) is 76.3 cm³/mol. The van der Waals surface area contributed by atoms with Gasteiger partial charge in [0, 0.05) is 19.2 Å². The van der Waals surface area contributed by atoms with E-state index in [0.29, 0.717) is 6.54 Å². The summed E-state index contributed by atoms with van der Waals surface area (Å²) in [5.41, 5.74) is -0.281. The molecule has 1 aromatic rings. The first-order valence-electron chi connectivity index (χ1n) is 6.87. The lowest BCUT2D eigenvalue weighted by Crippen LogP contribution is -2.38. The molecule has 2 rings (SSSR count). The van der Waals surface area contributed by atoms with Gasteiger partial charge in [0.25, 0.3) is 17.5 Å². The van der Waals surface area contributed by atoms with Gasteiger partial charge in [-0.1, -0.05) is 19.9 Å². The van der Waals surface area contributed by atoms with Crippen LogP contribution in [0.25, 0.3) is 0 Å². The summed E-state index contributed by atoms with van der Waals surface area (Å²) in [6, 6.07) is 4.13. The van der Waals surface area contributed by atoms with E-state index in [4.69, 9.17) is 0 Å². The van der Waals surface area contributed by atoms with Gasteiger partial charge >= 0.3 is 0 Å². The monoisotopic (exact) mass is 291 g/mol. The second-order valence-corrected chi connectivity index (χ2v) is 4.75. The van der Waals surface area contributed by atoms with E-state index in [9.17, 15) is 19.7 Å². The van der Waals surface area contributed by atoms with Crippen LogP contribution in [0.2, 0.25) is 0 Å². The molecule has 0 bridgehead atoms. The number of hydrogen-bond donors (Lipinski definition) is 0. The van der Waals surface area contributed by atoms with Crippen LogP contribution in [0.3, 0.4) is 0 Å². The van der Waals surface area contributed by atoms with Crippen molar-refractivity contribution in [2.24, 2.45) is 0 Å². The minimum Gasteiger partial charge on any atom is -0.302 e. The Morgan fingerprint density at radius 2 is 1.86 bits per heavy atom. The van der Waals surface area contributed by atoms with Gasteiger partial charge in [-0.3, -0.25) is 24.6 Å². The Hall–Kier alpha value is -2.28. The van der Waals surface area contributed by atoms with Crippen LogP contribution < -0.4 is 0 Å². The van der Waals surface area contributed by atoms with E-state index in [0.717, 1.165) is 18.0 Å². The molecule has 1 heterocycles. The van der Waals surface area contributed by atoms with Crippen molar-refractivity contribution in [1.29, 1.82) is 0 Å². The highest BCUT2D eigenvalue weighted by molar-refractivity contribution is 6.23. The standard InChI is InChI=1S/C14H17N3O4/c1-3-15(4-2)8-9-16-13(18)10-6-5-7-11(17(20)21)12(10)14(16)19/h5-7H,3-4,8-9H2,1-2H3. The Morgan fingerprint density at radius 1 is 1.19 bits per heavy atom. The van der Waals surface area contributed by atoms with Gasteiger partial charge in [0.2, 0.25) is 0 Å². The summed E-state index contributed by atoms with van der Waals surface area (Å²) in [6.07, 6.45) is 0. The second kappa shape index (κ2) is 6.01. The second-order valence-electron chi connectivity index (χ2n) is 4.75. The summed E-state index contributed by atoms with van der Waals surface area (Å²) >= 11 is 0. The van der Waals surface area contributed by atoms with Crippen molar-refractivity contribution >= 4 is 17.5 Å². The number of amides is 2. The van der Waals surface area contributed by atoms with Crippen LogP contribution in [0.15, 0.2) is 18.2 Å². The van der Waals surface area contributed by atoms with Gasteiger partial charge in [-0.2, -0.15) is 0 Å². The lowest BCUT2D eigenvalue weighted by Gasteiger charge is -2.21. The summed E-state index contributed by atoms with van der Waals surface area (Å²) in [5, 5.41) is 11.0. The number of benzene rings is 1. The van der Waals surface area contributed by atoms with Crippen LogP contribution in [0, 0.1) is 10.1 Å². The summed E-state index contributed by atoms with van der Waals surface area (Å²) in [7, 11) is 0. The molecule has 112 valence electrons. The van der Waals surface area contributed by atoms with Gasteiger partial charge in [-0.15, -0.1) is 0 Å². The Bertz CT molecular complexity index is 596. The summed E-state index contributed by atoms with van der Waals surface area (Å²) in [6.45, 7) is 6.44. The first-order valence-corrected chi connectivity index (χ1v) is 6.87. The number of carbonyl (C=O) groups excluding carboxylic acids is 2. The molecule has 0 radical (unpaired) electrons. The number of likely N-dealkylation sites (N-methyl/N-ethyl adjacent to an activating group) is 1. The summed E-state index contributed by atoms with van der Waals surface area (Å²) in [5.74, 6) is -1.03. The van der Waals surface area contributed by atoms with Crippen LogP contribution in [0.1, 0.15) is 34.6 Å². The van der Waals surface area contributed by atoms with E-state index in [-0.39, 0.29) is 23.4 Å². The molecule has 0 unspecified atom stereocenters. The maximum absolute atomic E-state index is 12.3. The fourth-order valence-corrected chi connectivity index (χ4v) is 2.45. The number of hydrogen-bond acceptors (Lipinski definition) is 5. The van der Waals surface area contributed by atoms with Crippen LogP contribution in [0.5, 0.6) is 0 Å². The van der Waals surface area contributed by atoms with Crippen molar-refractivity contribution < 1.29 is 14.5 Å². The Balaban J connectivity index is 2.26. The van der Waals surface area contributed by atoms with Gasteiger partial charge in [0.05, 0.1) is 10.5 Å². The van der Waals surface area contributed by atoms with E-state index in [2.05, 4.69) is 4.90 Å². The van der Waals surface area contributed by atoms with E-state index in [1.165, 1.54) is 18.2 Å². The maximum atomic E-state index is 12.3. The van der Waals surface area contributed by atoms with Crippen molar-refractivity contribution in [3.05, 3.63) is 39.4 Å². The largest absolute Gasteiger partial charge is 0.302 e. The molecule has 0 saturated carbocycles. The number of carbonyl (C=O) groups is 2. The third kappa shape index (κ3) is 2.64. The van der Waals surface area contributed by atoms with Crippen molar-refractivity contribution in [1.82, 2.24) is 9.80 Å². The van der Waals surface area contributed by atoms with Crippen LogP contribution in [-0.2, 0) is 0 Å². The normalized spacial score (nSPS) is 14.0. The molecule has 0 saturated heterocycles. The fraction of sp³-hybridized carbons (Fsp3) is 0.429. The lowest BCUT2D eigenvalue weighted by atomic mass is 10.1. The molecule has 2 amide bonds. The molecule has 21 heavy (non-hydrogen) atoms. The fourth-order valence-electron chi connectivity index (χ4n) is 2.45.